The number of phenolic OH excluding ortho intramolecular Hbond substituents is 2. The second kappa shape index (κ2) is 15.2. The summed E-state index contributed by atoms with van der Waals surface area (Å²) >= 11 is 0. The predicted molar refractivity (Wildman–Crippen MR) is 218 cm³/mol. The number of primary amides is 1. The summed E-state index contributed by atoms with van der Waals surface area (Å²) in [6, 6.07) is 6.63. The average molecular weight is 874 g/mol. The number of rotatable bonds is 5. The smallest absolute Gasteiger partial charge is 0.255 e. The van der Waals surface area contributed by atoms with Gasteiger partial charge in [0.05, 0.1) is 47.3 Å². The van der Waals surface area contributed by atoms with Crippen LogP contribution >= 0.6 is 0 Å². The van der Waals surface area contributed by atoms with Gasteiger partial charge in [-0.05, 0) is 71.2 Å². The van der Waals surface area contributed by atoms with Crippen molar-refractivity contribution >= 4 is 46.3 Å². The zero-order chi connectivity index (χ0) is 46.7. The quantitative estimate of drug-likeness (QED) is 0.171. The topological polar surface area (TPSA) is 326 Å². The molecule has 1 amide bonds. The highest BCUT2D eigenvalue weighted by Crippen LogP contribution is 2.55. The van der Waals surface area contributed by atoms with E-state index in [0.29, 0.717) is 11.1 Å². The van der Waals surface area contributed by atoms with Crippen LogP contribution in [0.4, 0.5) is 0 Å². The molecule has 10 atom stereocenters. The number of aromatic hydroxyl groups is 2. The SMILES string of the molecule is CN(C)[C@@H]1C(=O)C(C(N)=O)=C(O)[C@@]2(O)C(=O)C3=C(O)c4c(O)cccc4C[C@H]3[C@H](O)[C@@H]12.CO[C@@H]1[C@H]2[C@H](N(C)C)C(=O)C(C(C)=O)=C(O)[C@@]2(O)C(=O)C2=C(O)c3c(O)cccc3C[C@H]21. The average Bonchev–Trinajstić information content (AvgIpc) is 3.19. The van der Waals surface area contributed by atoms with E-state index in [-0.39, 0.29) is 41.0 Å². The number of likely N-dealkylation sites (N-methyl/N-ethyl adjacent to an activating group) is 2. The van der Waals surface area contributed by atoms with E-state index < -0.39 is 134 Å². The molecule has 334 valence electrons. The molecule has 2 aromatic carbocycles. The molecule has 8 rings (SSSR count). The maximum Gasteiger partial charge on any atom is 0.255 e. The van der Waals surface area contributed by atoms with Gasteiger partial charge >= 0.3 is 0 Å². The van der Waals surface area contributed by atoms with Crippen molar-refractivity contribution in [1.29, 1.82) is 0 Å². The zero-order valence-electron chi connectivity index (χ0n) is 34.9. The molecule has 2 saturated carbocycles. The van der Waals surface area contributed by atoms with Crippen LogP contribution in [-0.2, 0) is 46.3 Å². The largest absolute Gasteiger partial charge is 0.508 e. The molecule has 19 nitrogen and oxygen atoms in total. The first-order valence-corrected chi connectivity index (χ1v) is 19.8. The van der Waals surface area contributed by atoms with Gasteiger partial charge < -0.3 is 56.4 Å². The summed E-state index contributed by atoms with van der Waals surface area (Å²) in [6.45, 7) is 1.06. The van der Waals surface area contributed by atoms with Crippen molar-refractivity contribution in [3.8, 4) is 11.5 Å². The molecule has 11 N–H and O–H groups in total. The number of carbonyl (C=O) groups excluding carboxylic acids is 6. The Morgan fingerprint density at radius 3 is 1.54 bits per heavy atom. The molecule has 0 radical (unpaired) electrons. The maximum absolute atomic E-state index is 13.7. The maximum atomic E-state index is 13.7. The fourth-order valence-electron chi connectivity index (χ4n) is 10.8. The lowest BCUT2D eigenvalue weighted by molar-refractivity contribution is -0.172. The van der Waals surface area contributed by atoms with Gasteiger partial charge in [0, 0.05) is 30.1 Å². The fraction of sp³-hybridized carbons (Fsp3) is 0.409. The van der Waals surface area contributed by atoms with E-state index in [9.17, 15) is 74.7 Å². The van der Waals surface area contributed by atoms with Crippen LogP contribution in [0.25, 0.3) is 11.5 Å². The number of hydrogen-bond acceptors (Lipinski definition) is 18. The highest BCUT2D eigenvalue weighted by atomic mass is 16.5. The third-order valence-corrected chi connectivity index (χ3v) is 13.4. The Labute approximate surface area is 358 Å². The Balaban J connectivity index is 0.000000189. The Hall–Kier alpha value is -6.22. The van der Waals surface area contributed by atoms with Crippen LogP contribution in [0.5, 0.6) is 11.5 Å². The van der Waals surface area contributed by atoms with Crippen molar-refractivity contribution < 1.29 is 79.5 Å². The first-order chi connectivity index (χ1) is 29.4. The molecule has 0 heterocycles. The van der Waals surface area contributed by atoms with E-state index >= 15 is 0 Å². The van der Waals surface area contributed by atoms with E-state index in [1.165, 1.54) is 43.1 Å². The lowest BCUT2D eigenvalue weighted by Crippen LogP contribution is -2.70. The highest BCUT2D eigenvalue weighted by molar-refractivity contribution is 6.26. The number of aliphatic hydroxyl groups excluding tert-OH is 5. The molecule has 2 aromatic rings. The Kier molecular flexibility index (Phi) is 10.8. The molecule has 0 bridgehead atoms. The van der Waals surface area contributed by atoms with E-state index in [0.717, 1.165) is 6.92 Å². The van der Waals surface area contributed by atoms with Gasteiger partial charge in [-0.25, -0.2) is 0 Å². The molecule has 0 saturated heterocycles. The first-order valence-electron chi connectivity index (χ1n) is 19.8. The summed E-state index contributed by atoms with van der Waals surface area (Å²) in [5, 5.41) is 98.2. The summed E-state index contributed by atoms with van der Waals surface area (Å²) in [5.41, 5.74) is -1.44. The van der Waals surface area contributed by atoms with Gasteiger partial charge in [-0.1, -0.05) is 24.3 Å². The lowest BCUT2D eigenvalue weighted by Gasteiger charge is -2.53. The third kappa shape index (κ3) is 6.01. The van der Waals surface area contributed by atoms with Crippen LogP contribution < -0.4 is 5.73 Å². The molecule has 0 unspecified atom stereocenters. The number of nitrogens with zero attached hydrogens (tertiary/aromatic N) is 2. The third-order valence-electron chi connectivity index (χ3n) is 13.4. The molecule has 0 aliphatic heterocycles. The van der Waals surface area contributed by atoms with Crippen molar-refractivity contribution in [3.05, 3.63) is 92.5 Å². The van der Waals surface area contributed by atoms with Gasteiger partial charge in [-0.15, -0.1) is 0 Å². The number of hydrogen-bond donors (Lipinski definition) is 10. The first kappa shape index (κ1) is 44.8. The molecule has 6 aliphatic rings. The number of fused-ring (bicyclic) bond motifs is 6. The number of aliphatic hydroxyl groups is 7. The number of nitrogens with two attached hydrogens (primary N) is 1. The van der Waals surface area contributed by atoms with Gasteiger partial charge in [-0.2, -0.15) is 0 Å². The van der Waals surface area contributed by atoms with Gasteiger partial charge in [-0.3, -0.25) is 38.6 Å². The Morgan fingerprint density at radius 1 is 0.683 bits per heavy atom. The van der Waals surface area contributed by atoms with Crippen LogP contribution in [0, 0.1) is 23.7 Å². The molecule has 19 heteroatoms. The van der Waals surface area contributed by atoms with E-state index in [1.54, 1.807) is 38.4 Å². The number of Topliss-reactive ketones (excluding diaryl/α,β-unsaturated/α-hetero) is 5. The second-order valence-corrected chi connectivity index (χ2v) is 17.1. The van der Waals surface area contributed by atoms with Crippen LogP contribution in [-0.4, -0.2) is 161 Å². The van der Waals surface area contributed by atoms with Crippen molar-refractivity contribution in [1.82, 2.24) is 9.80 Å². The van der Waals surface area contributed by atoms with Crippen LogP contribution in [0.2, 0.25) is 0 Å². The molecule has 0 spiro atoms. The summed E-state index contributed by atoms with van der Waals surface area (Å²) in [6.07, 6.45) is -2.32. The van der Waals surface area contributed by atoms with Gasteiger partial charge in [0.2, 0.25) is 11.6 Å². The van der Waals surface area contributed by atoms with Crippen molar-refractivity contribution in [3.63, 3.8) is 0 Å². The zero-order valence-corrected chi connectivity index (χ0v) is 34.9. The van der Waals surface area contributed by atoms with E-state index in [4.69, 9.17) is 10.5 Å². The highest BCUT2D eigenvalue weighted by Gasteiger charge is 2.69. The minimum atomic E-state index is -2.88. The lowest BCUT2D eigenvalue weighted by atomic mass is 9.56. The summed E-state index contributed by atoms with van der Waals surface area (Å²) in [7, 11) is 7.40. The van der Waals surface area contributed by atoms with Crippen molar-refractivity contribution in [2.24, 2.45) is 29.4 Å². The van der Waals surface area contributed by atoms with Gasteiger partial charge in [0.15, 0.2) is 28.6 Å². The molecular weight excluding hydrogens is 826 g/mol. The predicted octanol–water partition coefficient (Wildman–Crippen LogP) is -0.373. The van der Waals surface area contributed by atoms with E-state index in [2.05, 4.69) is 0 Å². The summed E-state index contributed by atoms with van der Waals surface area (Å²) < 4.78 is 5.69. The van der Waals surface area contributed by atoms with Crippen molar-refractivity contribution in [2.75, 3.05) is 35.3 Å². The monoisotopic (exact) mass is 873 g/mol. The number of phenols is 2. The van der Waals surface area contributed by atoms with Crippen LogP contribution in [0.15, 0.2) is 70.2 Å². The number of methoxy groups -OCH3 is 1. The number of amides is 1. The Morgan fingerprint density at radius 2 is 1.10 bits per heavy atom. The number of ether oxygens (including phenoxy) is 1. The number of benzene rings is 2. The number of carbonyl (C=O) groups is 6. The molecule has 6 aliphatic carbocycles. The second-order valence-electron chi connectivity index (χ2n) is 17.1. The molecule has 63 heavy (non-hydrogen) atoms. The Bertz CT molecular complexity index is 2570. The summed E-state index contributed by atoms with van der Waals surface area (Å²) in [4.78, 5) is 80.3. The molecule has 0 aromatic heterocycles. The fourth-order valence-corrected chi connectivity index (χ4v) is 10.8. The van der Waals surface area contributed by atoms with Gasteiger partial charge in [0.25, 0.3) is 5.91 Å². The molecule has 2 fully saturated rings. The minimum absolute atomic E-state index is 0.0222. The standard InChI is InChI=1S/C23H25NO8.C21H22N2O8/c1-9(25)13-19(28)17(24(2)3)16-20(32-4)11-8-10-6-5-7-12(26)14(10)18(27)15(11)22(30)23(16,31)21(13)29;1-23(2)14-13-15(25)8-6-7-4-3-5-9(24)10(7)16(26)11(8)18(28)21(13,31)19(29)12(17(14)27)20(22)30/h5-7,11,16-17,20,26-27,29,31H,8H2,1-4H3;3-5,8,13-15,24-26,29,31H,6H2,1-2H3,(H2,22,30)/t11-,16-,17+,20+,23-;8-,13-,14+,15+,21+/m11/s1. The number of ketones is 5. The van der Waals surface area contributed by atoms with Crippen molar-refractivity contribution in [2.45, 2.75) is 55.3 Å². The summed E-state index contributed by atoms with van der Waals surface area (Å²) in [5.74, 6) is -14.5. The van der Waals surface area contributed by atoms with E-state index in [1.807, 2.05) is 0 Å². The molecular formula is C44H47N3O16. The van der Waals surface area contributed by atoms with Gasteiger partial charge in [0.1, 0.15) is 45.7 Å². The van der Waals surface area contributed by atoms with Crippen LogP contribution in [0.3, 0.4) is 0 Å². The van der Waals surface area contributed by atoms with Crippen LogP contribution in [0.1, 0.15) is 29.2 Å². The minimum Gasteiger partial charge on any atom is -0.508 e. The normalized spacial score (nSPS) is 32.4.